The third kappa shape index (κ3) is 5.12. The largest absolute Gasteiger partial charge is 0.496 e. The van der Waals surface area contributed by atoms with Crippen molar-refractivity contribution >= 4 is 23.6 Å². The van der Waals surface area contributed by atoms with Crippen LogP contribution in [0.15, 0.2) is 36.5 Å². The summed E-state index contributed by atoms with van der Waals surface area (Å²) in [5.41, 5.74) is 1.40. The van der Waals surface area contributed by atoms with Crippen molar-refractivity contribution in [1.29, 1.82) is 0 Å². The second kappa shape index (κ2) is 8.94. The van der Waals surface area contributed by atoms with Crippen molar-refractivity contribution in [2.24, 2.45) is 0 Å². The predicted molar refractivity (Wildman–Crippen MR) is 94.2 cm³/mol. The molecule has 0 saturated heterocycles. The summed E-state index contributed by atoms with van der Waals surface area (Å²) in [6.45, 7) is 0.108. The lowest BCUT2D eigenvalue weighted by Gasteiger charge is -2.12. The summed E-state index contributed by atoms with van der Waals surface area (Å²) >= 11 is 5.71. The number of rotatable bonds is 7. The Balaban J connectivity index is 2.06. The highest BCUT2D eigenvalue weighted by atomic mass is 35.5. The van der Waals surface area contributed by atoms with Crippen molar-refractivity contribution in [3.63, 3.8) is 0 Å². The Bertz CT molecular complexity index is 759. The van der Waals surface area contributed by atoms with Crippen molar-refractivity contribution in [2.45, 2.75) is 6.61 Å². The first-order valence-corrected chi connectivity index (χ1v) is 7.70. The highest BCUT2D eigenvalue weighted by molar-refractivity contribution is 6.29. The highest BCUT2D eigenvalue weighted by Crippen LogP contribution is 2.35. The molecule has 1 aromatic carbocycles. The van der Waals surface area contributed by atoms with Crippen LogP contribution in [0.2, 0.25) is 5.15 Å². The zero-order valence-corrected chi connectivity index (χ0v) is 14.9. The number of benzene rings is 1. The van der Waals surface area contributed by atoms with E-state index in [4.69, 9.17) is 30.5 Å². The number of carbonyl (C=O) groups excluding carboxylic acids is 1. The maximum atomic E-state index is 11.9. The van der Waals surface area contributed by atoms with E-state index in [0.717, 1.165) is 5.56 Å². The van der Waals surface area contributed by atoms with Crippen LogP contribution in [0.5, 0.6) is 17.2 Å². The Morgan fingerprint density at radius 2 is 1.76 bits per heavy atom. The van der Waals surface area contributed by atoms with E-state index in [1.54, 1.807) is 36.5 Å². The Hall–Kier alpha value is -2.73. The standard InChI is InChI=1S/C18H18ClNO5/c1-22-14-9-16(24-3)15(23-2)8-13(14)5-7-18(21)25-11-12-4-6-17(19)20-10-12/h4-10H,11H2,1-3H3/b7-5+. The normalized spacial score (nSPS) is 10.6. The molecular formula is C18H18ClNO5. The summed E-state index contributed by atoms with van der Waals surface area (Å²) in [4.78, 5) is 15.8. The van der Waals surface area contributed by atoms with Gasteiger partial charge >= 0.3 is 5.97 Å². The molecule has 0 aliphatic heterocycles. The van der Waals surface area contributed by atoms with Crippen LogP contribution in [-0.4, -0.2) is 32.3 Å². The number of ether oxygens (including phenoxy) is 4. The molecule has 25 heavy (non-hydrogen) atoms. The molecule has 1 heterocycles. The SMILES string of the molecule is COc1cc(OC)c(OC)cc1/C=C/C(=O)OCc1ccc(Cl)nc1. The average molecular weight is 364 g/mol. The summed E-state index contributed by atoms with van der Waals surface area (Å²) in [5, 5.41) is 0.385. The molecular weight excluding hydrogens is 346 g/mol. The smallest absolute Gasteiger partial charge is 0.331 e. The van der Waals surface area contributed by atoms with Gasteiger partial charge in [0.05, 0.1) is 21.3 Å². The maximum Gasteiger partial charge on any atom is 0.331 e. The number of esters is 1. The fourth-order valence-electron chi connectivity index (χ4n) is 2.04. The first-order chi connectivity index (χ1) is 12.1. The van der Waals surface area contributed by atoms with Crippen LogP contribution in [0.3, 0.4) is 0 Å². The molecule has 0 atom stereocenters. The fourth-order valence-corrected chi connectivity index (χ4v) is 2.15. The lowest BCUT2D eigenvalue weighted by Crippen LogP contribution is -2.01. The predicted octanol–water partition coefficient (Wildman–Crippen LogP) is 3.52. The second-order valence-corrected chi connectivity index (χ2v) is 5.27. The lowest BCUT2D eigenvalue weighted by molar-refractivity contribution is -0.138. The monoisotopic (exact) mass is 363 g/mol. The zero-order chi connectivity index (χ0) is 18.2. The van der Waals surface area contributed by atoms with Gasteiger partial charge in [0.25, 0.3) is 0 Å². The number of pyridine rings is 1. The Morgan fingerprint density at radius 3 is 2.36 bits per heavy atom. The summed E-state index contributed by atoms with van der Waals surface area (Å²) in [6.07, 6.45) is 4.45. The molecule has 1 aromatic heterocycles. The third-order valence-corrected chi connectivity index (χ3v) is 3.53. The van der Waals surface area contributed by atoms with Crippen LogP contribution in [0.1, 0.15) is 11.1 Å². The van der Waals surface area contributed by atoms with Gasteiger partial charge in [-0.3, -0.25) is 0 Å². The molecule has 0 spiro atoms. The van der Waals surface area contributed by atoms with Crippen molar-refractivity contribution in [2.75, 3.05) is 21.3 Å². The van der Waals surface area contributed by atoms with E-state index in [1.165, 1.54) is 27.4 Å². The fraction of sp³-hybridized carbons (Fsp3) is 0.222. The molecule has 0 bridgehead atoms. The van der Waals surface area contributed by atoms with Crippen molar-refractivity contribution in [3.8, 4) is 17.2 Å². The zero-order valence-electron chi connectivity index (χ0n) is 14.1. The molecule has 0 aliphatic carbocycles. The number of hydrogen-bond donors (Lipinski definition) is 0. The molecule has 0 amide bonds. The summed E-state index contributed by atoms with van der Waals surface area (Å²) in [7, 11) is 4.60. The molecule has 2 rings (SSSR count). The van der Waals surface area contributed by atoms with Gasteiger partial charge in [-0.1, -0.05) is 17.7 Å². The van der Waals surface area contributed by atoms with Crippen molar-refractivity contribution < 1.29 is 23.7 Å². The van der Waals surface area contributed by atoms with Gasteiger partial charge in [-0.25, -0.2) is 9.78 Å². The number of methoxy groups -OCH3 is 3. The first kappa shape index (κ1) is 18.6. The molecule has 0 N–H and O–H groups in total. The van der Waals surface area contributed by atoms with E-state index in [1.807, 2.05) is 0 Å². The van der Waals surface area contributed by atoms with E-state index >= 15 is 0 Å². The summed E-state index contributed by atoms with van der Waals surface area (Å²) in [5.74, 6) is 1.12. The number of aromatic nitrogens is 1. The number of nitrogens with zero attached hydrogens (tertiary/aromatic N) is 1. The van der Waals surface area contributed by atoms with Gasteiger partial charge in [-0.15, -0.1) is 0 Å². The van der Waals surface area contributed by atoms with Crippen LogP contribution in [0, 0.1) is 0 Å². The third-order valence-electron chi connectivity index (χ3n) is 3.30. The molecule has 7 heteroatoms. The number of hydrogen-bond acceptors (Lipinski definition) is 6. The Labute approximate surface area is 150 Å². The van der Waals surface area contributed by atoms with Crippen LogP contribution >= 0.6 is 11.6 Å². The van der Waals surface area contributed by atoms with Crippen LogP contribution in [-0.2, 0) is 16.1 Å². The van der Waals surface area contributed by atoms with Gasteiger partial charge in [0, 0.05) is 29.5 Å². The molecule has 6 nitrogen and oxygen atoms in total. The van der Waals surface area contributed by atoms with E-state index < -0.39 is 5.97 Å². The molecule has 0 aliphatic rings. The minimum Gasteiger partial charge on any atom is -0.496 e. The Morgan fingerprint density at radius 1 is 1.08 bits per heavy atom. The van der Waals surface area contributed by atoms with Gasteiger partial charge in [0.2, 0.25) is 0 Å². The molecule has 0 unspecified atom stereocenters. The van der Waals surface area contributed by atoms with E-state index in [9.17, 15) is 4.79 Å². The Kier molecular flexibility index (Phi) is 6.65. The van der Waals surface area contributed by atoms with E-state index in [-0.39, 0.29) is 6.61 Å². The van der Waals surface area contributed by atoms with Gasteiger partial charge in [-0.2, -0.15) is 0 Å². The van der Waals surface area contributed by atoms with E-state index in [2.05, 4.69) is 4.98 Å². The van der Waals surface area contributed by atoms with Crippen LogP contribution in [0.25, 0.3) is 6.08 Å². The van der Waals surface area contributed by atoms with E-state index in [0.29, 0.717) is 28.0 Å². The van der Waals surface area contributed by atoms with Crippen molar-refractivity contribution in [1.82, 2.24) is 4.98 Å². The van der Waals surface area contributed by atoms with Gasteiger partial charge in [-0.05, 0) is 18.2 Å². The minimum atomic E-state index is -0.494. The average Bonchev–Trinajstić information content (AvgIpc) is 2.65. The summed E-state index contributed by atoms with van der Waals surface area (Å²) in [6, 6.07) is 6.77. The quantitative estimate of drug-likeness (QED) is 0.426. The molecule has 2 aromatic rings. The second-order valence-electron chi connectivity index (χ2n) is 4.88. The lowest BCUT2D eigenvalue weighted by atomic mass is 10.1. The highest BCUT2D eigenvalue weighted by Gasteiger charge is 2.10. The maximum absolute atomic E-state index is 11.9. The summed E-state index contributed by atoms with van der Waals surface area (Å²) < 4.78 is 20.9. The number of carbonyl (C=O) groups is 1. The van der Waals surface area contributed by atoms with Gasteiger partial charge in [0.1, 0.15) is 17.5 Å². The van der Waals surface area contributed by atoms with Gasteiger partial charge in [0.15, 0.2) is 11.5 Å². The van der Waals surface area contributed by atoms with Gasteiger partial charge < -0.3 is 18.9 Å². The first-order valence-electron chi connectivity index (χ1n) is 7.32. The van der Waals surface area contributed by atoms with Crippen molar-refractivity contribution in [3.05, 3.63) is 52.8 Å². The minimum absolute atomic E-state index is 0.108. The molecule has 0 saturated carbocycles. The topological polar surface area (TPSA) is 66.9 Å². The van der Waals surface area contributed by atoms with Crippen LogP contribution in [0.4, 0.5) is 0 Å². The number of halogens is 1. The molecule has 0 radical (unpaired) electrons. The molecule has 0 fully saturated rings. The van der Waals surface area contributed by atoms with Crippen LogP contribution < -0.4 is 14.2 Å². The molecule has 132 valence electrons.